The molecule has 0 N–H and O–H groups in total. The molecule has 3 heterocycles. The maximum atomic E-state index is 12.7. The predicted molar refractivity (Wildman–Crippen MR) is 75.2 cm³/mol. The number of anilines is 1. The Hall–Kier alpha value is -1.66. The van der Waals surface area contributed by atoms with E-state index in [2.05, 4.69) is 15.9 Å². The minimum absolute atomic E-state index is 0.210. The van der Waals surface area contributed by atoms with Gasteiger partial charge in [0.2, 0.25) is 5.91 Å². The lowest BCUT2D eigenvalue weighted by molar-refractivity contribution is -0.313. The third kappa shape index (κ3) is 1.66. The van der Waals surface area contributed by atoms with Crippen LogP contribution in [0.2, 0.25) is 0 Å². The van der Waals surface area contributed by atoms with E-state index in [1.54, 1.807) is 11.0 Å². The topological polar surface area (TPSA) is 69.7 Å². The number of hydrogen-bond acceptors (Lipinski definition) is 4. The van der Waals surface area contributed by atoms with Gasteiger partial charge in [0.15, 0.2) is 0 Å². The van der Waals surface area contributed by atoms with E-state index in [4.69, 9.17) is 4.74 Å². The summed E-state index contributed by atoms with van der Waals surface area (Å²) < 4.78 is 6.72. The van der Waals surface area contributed by atoms with Crippen molar-refractivity contribution in [3.8, 4) is 0 Å². The van der Waals surface area contributed by atoms with Crippen molar-refractivity contribution in [1.29, 1.82) is 0 Å². The van der Waals surface area contributed by atoms with Gasteiger partial charge < -0.3 is 19.5 Å². The molecule has 108 valence electrons. The van der Waals surface area contributed by atoms with E-state index >= 15 is 0 Å². The van der Waals surface area contributed by atoms with Gasteiger partial charge >= 0.3 is 0 Å². The van der Waals surface area contributed by atoms with Crippen molar-refractivity contribution in [3.05, 3.63) is 40.9 Å². The summed E-state index contributed by atoms with van der Waals surface area (Å²) in [5.41, 5.74) is -0.0796. The molecule has 4 rings (SSSR count). The van der Waals surface area contributed by atoms with Crippen LogP contribution >= 0.6 is 15.9 Å². The van der Waals surface area contributed by atoms with E-state index in [1.807, 2.05) is 30.3 Å². The monoisotopic (exact) mass is 348 g/mol. The Kier molecular flexibility index (Phi) is 2.59. The highest BCUT2D eigenvalue weighted by Crippen LogP contribution is 2.52. The van der Waals surface area contributed by atoms with Crippen molar-refractivity contribution < 1.29 is 19.4 Å². The number of ether oxygens (including phenoxy) is 1. The average molecular weight is 349 g/mol. The zero-order valence-electron chi connectivity index (χ0n) is 10.9. The number of carboxylic acid groups (broad SMARTS) is 1. The Balaban J connectivity index is 1.73. The summed E-state index contributed by atoms with van der Waals surface area (Å²) in [6.07, 6.45) is 3.02. The summed E-state index contributed by atoms with van der Waals surface area (Å²) in [7, 11) is 0. The molecule has 0 radical (unpaired) electrons. The average Bonchev–Trinajstić information content (AvgIpc) is 3.08. The van der Waals surface area contributed by atoms with Crippen LogP contribution in [0, 0.1) is 11.8 Å². The highest BCUT2D eigenvalue weighted by atomic mass is 79.9. The number of hydrogen-bond donors (Lipinski definition) is 0. The van der Waals surface area contributed by atoms with E-state index in [0.717, 1.165) is 10.2 Å². The second kappa shape index (κ2) is 4.18. The first-order valence-electron chi connectivity index (χ1n) is 6.67. The fourth-order valence-corrected chi connectivity index (χ4v) is 3.87. The number of benzene rings is 1. The van der Waals surface area contributed by atoms with Gasteiger partial charge in [-0.2, -0.15) is 0 Å². The second-order valence-electron chi connectivity index (χ2n) is 5.62. The second-order valence-corrected chi connectivity index (χ2v) is 6.54. The Morgan fingerprint density at radius 1 is 1.38 bits per heavy atom. The van der Waals surface area contributed by atoms with E-state index in [-0.39, 0.29) is 5.91 Å². The number of aliphatic carboxylic acids is 1. The minimum atomic E-state index is -1.22. The third-order valence-electron chi connectivity index (χ3n) is 4.51. The van der Waals surface area contributed by atoms with Gasteiger partial charge in [0.1, 0.15) is 5.60 Å². The Bertz CT molecular complexity index is 671. The van der Waals surface area contributed by atoms with Crippen LogP contribution in [0.4, 0.5) is 5.69 Å². The smallest absolute Gasteiger partial charge is 0.234 e. The van der Waals surface area contributed by atoms with Crippen molar-refractivity contribution in [2.24, 2.45) is 11.8 Å². The molecule has 0 saturated carbocycles. The molecule has 2 fully saturated rings. The lowest BCUT2D eigenvalue weighted by Crippen LogP contribution is -2.45. The number of carboxylic acids is 1. The highest BCUT2D eigenvalue weighted by Gasteiger charge is 2.65. The largest absolute Gasteiger partial charge is 0.550 e. The first kappa shape index (κ1) is 13.0. The van der Waals surface area contributed by atoms with Crippen LogP contribution in [0.3, 0.4) is 0 Å². The third-order valence-corrected chi connectivity index (χ3v) is 5.04. The molecular formula is C15H11BrNO4-. The molecule has 3 aliphatic heterocycles. The molecule has 1 aromatic rings. The lowest BCUT2D eigenvalue weighted by Gasteiger charge is -2.24. The van der Waals surface area contributed by atoms with Gasteiger partial charge in [0.25, 0.3) is 0 Å². The maximum absolute atomic E-state index is 12.7. The summed E-state index contributed by atoms with van der Waals surface area (Å²) in [5, 5.41) is 11.4. The molecule has 0 aliphatic carbocycles. The van der Waals surface area contributed by atoms with Crippen molar-refractivity contribution in [2.75, 3.05) is 11.4 Å². The van der Waals surface area contributed by atoms with E-state index in [9.17, 15) is 14.7 Å². The first-order chi connectivity index (χ1) is 10.0. The van der Waals surface area contributed by atoms with Gasteiger partial charge in [-0.25, -0.2) is 0 Å². The molecule has 6 heteroatoms. The van der Waals surface area contributed by atoms with E-state index in [1.165, 1.54) is 0 Å². The summed E-state index contributed by atoms with van der Waals surface area (Å²) in [4.78, 5) is 25.6. The number of halogens is 1. The molecule has 2 saturated heterocycles. The molecule has 2 bridgehead atoms. The Morgan fingerprint density at radius 2 is 2.10 bits per heavy atom. The fraction of sp³-hybridized carbons (Fsp3) is 0.333. The van der Waals surface area contributed by atoms with Crippen LogP contribution in [-0.2, 0) is 14.3 Å². The zero-order valence-corrected chi connectivity index (χ0v) is 12.4. The van der Waals surface area contributed by atoms with Crippen molar-refractivity contribution in [1.82, 2.24) is 0 Å². The molecular weight excluding hydrogens is 338 g/mol. The maximum Gasteiger partial charge on any atom is 0.234 e. The van der Waals surface area contributed by atoms with Gasteiger partial charge in [-0.1, -0.05) is 28.1 Å². The number of carbonyl (C=O) groups is 2. The Morgan fingerprint density at radius 3 is 2.76 bits per heavy atom. The molecule has 5 nitrogen and oxygen atoms in total. The summed E-state index contributed by atoms with van der Waals surface area (Å²) >= 11 is 3.35. The van der Waals surface area contributed by atoms with Crippen molar-refractivity contribution >= 4 is 33.5 Å². The van der Waals surface area contributed by atoms with E-state index < -0.39 is 29.5 Å². The molecule has 0 unspecified atom stereocenters. The minimum Gasteiger partial charge on any atom is -0.550 e. The normalized spacial score (nSPS) is 36.3. The van der Waals surface area contributed by atoms with Crippen molar-refractivity contribution in [2.45, 2.75) is 11.7 Å². The molecule has 3 aliphatic rings. The van der Waals surface area contributed by atoms with Crippen molar-refractivity contribution in [3.63, 3.8) is 0 Å². The van der Waals surface area contributed by atoms with Crippen LogP contribution in [0.1, 0.15) is 0 Å². The number of amides is 1. The zero-order chi connectivity index (χ0) is 14.8. The van der Waals surface area contributed by atoms with Crippen LogP contribution < -0.4 is 10.0 Å². The summed E-state index contributed by atoms with van der Waals surface area (Å²) in [5.74, 6) is -3.02. The standard InChI is InChI=1S/C15H12BrNO4/c16-8-1-3-9(4-2-8)17-7-15-6-5-10(21-15)11(14(19)20)12(15)13(17)18/h1-6,10-12H,7H2,(H,19,20)/p-1/t10-,11+,12+,15-/m1/s1. The number of rotatable bonds is 2. The Labute approximate surface area is 129 Å². The van der Waals surface area contributed by atoms with Gasteiger partial charge in [-0.3, -0.25) is 4.79 Å². The summed E-state index contributed by atoms with van der Waals surface area (Å²) in [6.45, 7) is 0.342. The number of nitrogens with zero attached hydrogens (tertiary/aromatic N) is 1. The van der Waals surface area contributed by atoms with Gasteiger partial charge in [-0.15, -0.1) is 0 Å². The quantitative estimate of drug-likeness (QED) is 0.729. The highest BCUT2D eigenvalue weighted by molar-refractivity contribution is 9.10. The van der Waals surface area contributed by atoms with Gasteiger partial charge in [0, 0.05) is 22.0 Å². The molecule has 21 heavy (non-hydrogen) atoms. The lowest BCUT2D eigenvalue weighted by atomic mass is 9.77. The number of carbonyl (C=O) groups excluding carboxylic acids is 2. The van der Waals surface area contributed by atoms with Gasteiger partial charge in [-0.05, 0) is 24.3 Å². The predicted octanol–water partition coefficient (Wildman–Crippen LogP) is 0.485. The fourth-order valence-electron chi connectivity index (χ4n) is 3.61. The van der Waals surface area contributed by atoms with E-state index in [0.29, 0.717) is 6.54 Å². The SMILES string of the molecule is O=C([O-])[C@@H]1[C@H]2C(=O)N(c3ccc(Br)cc3)C[C@]23C=C[C@H]1O3. The first-order valence-corrected chi connectivity index (χ1v) is 7.46. The molecule has 0 aromatic heterocycles. The van der Waals surface area contributed by atoms with Crippen LogP contribution in [-0.4, -0.2) is 30.1 Å². The molecule has 1 spiro atoms. The molecule has 1 amide bonds. The molecule has 4 atom stereocenters. The van der Waals surface area contributed by atoms with Gasteiger partial charge in [0.05, 0.1) is 18.6 Å². The van der Waals surface area contributed by atoms with Crippen LogP contribution in [0.5, 0.6) is 0 Å². The number of fused-ring (bicyclic) bond motifs is 1. The van der Waals surface area contributed by atoms with Crippen LogP contribution in [0.15, 0.2) is 40.9 Å². The summed E-state index contributed by atoms with van der Waals surface area (Å²) in [6, 6.07) is 7.34. The van der Waals surface area contributed by atoms with Crippen LogP contribution in [0.25, 0.3) is 0 Å². The molecule has 1 aromatic carbocycles.